The number of methoxy groups -OCH3 is 1. The molecule has 4 nitrogen and oxygen atoms in total. The number of hydrogen-bond donors (Lipinski definition) is 0. The van der Waals surface area contributed by atoms with Crippen LogP contribution < -0.4 is 4.74 Å². The SMILES string of the molecule is COc1cc2c(cc1C)C1Cc3ncccc3C(=O)N1CC2.Cl. The number of amides is 1. The smallest absolute Gasteiger partial charge is 0.256 e. The Morgan fingerprint density at radius 3 is 2.96 bits per heavy atom. The zero-order valence-electron chi connectivity index (χ0n) is 13.2. The van der Waals surface area contributed by atoms with Gasteiger partial charge in [-0.3, -0.25) is 9.78 Å². The van der Waals surface area contributed by atoms with Crippen LogP contribution in [0, 0.1) is 6.92 Å². The molecule has 0 spiro atoms. The lowest BCUT2D eigenvalue weighted by Crippen LogP contribution is -2.44. The van der Waals surface area contributed by atoms with Gasteiger partial charge in [-0.25, -0.2) is 0 Å². The molecule has 1 atom stereocenters. The summed E-state index contributed by atoms with van der Waals surface area (Å²) in [5.74, 6) is 1.03. The van der Waals surface area contributed by atoms with E-state index in [1.165, 1.54) is 11.1 Å². The Balaban J connectivity index is 0.00000156. The van der Waals surface area contributed by atoms with Gasteiger partial charge in [0.15, 0.2) is 0 Å². The monoisotopic (exact) mass is 330 g/mol. The molecule has 1 aromatic heterocycles. The number of carbonyl (C=O) groups is 1. The molecule has 2 aromatic rings. The zero-order valence-corrected chi connectivity index (χ0v) is 14.0. The Bertz CT molecular complexity index is 776. The normalized spacial score (nSPS) is 18.4. The maximum Gasteiger partial charge on any atom is 0.256 e. The van der Waals surface area contributed by atoms with Crippen molar-refractivity contribution in [1.82, 2.24) is 9.88 Å². The number of halogens is 1. The third-order valence-corrected chi connectivity index (χ3v) is 4.78. The second-order valence-corrected chi connectivity index (χ2v) is 5.99. The Morgan fingerprint density at radius 2 is 2.17 bits per heavy atom. The fourth-order valence-corrected chi connectivity index (χ4v) is 3.66. The van der Waals surface area contributed by atoms with Crippen molar-refractivity contribution in [3.63, 3.8) is 0 Å². The van der Waals surface area contributed by atoms with Crippen molar-refractivity contribution < 1.29 is 9.53 Å². The molecule has 0 N–H and O–H groups in total. The largest absolute Gasteiger partial charge is 0.496 e. The number of hydrogen-bond acceptors (Lipinski definition) is 3. The Labute approximate surface area is 141 Å². The van der Waals surface area contributed by atoms with E-state index in [0.29, 0.717) is 0 Å². The maximum atomic E-state index is 12.7. The van der Waals surface area contributed by atoms with Gasteiger partial charge in [-0.1, -0.05) is 6.07 Å². The minimum absolute atomic E-state index is 0. The number of nitrogens with zero attached hydrogens (tertiary/aromatic N) is 2. The molecule has 120 valence electrons. The average Bonchev–Trinajstić information content (AvgIpc) is 2.54. The van der Waals surface area contributed by atoms with E-state index in [1.54, 1.807) is 13.3 Å². The van der Waals surface area contributed by atoms with Gasteiger partial charge in [0.25, 0.3) is 5.91 Å². The second-order valence-electron chi connectivity index (χ2n) is 5.99. The molecular formula is C18H19ClN2O2. The van der Waals surface area contributed by atoms with Crippen molar-refractivity contribution in [2.75, 3.05) is 13.7 Å². The molecule has 1 aromatic carbocycles. The molecule has 1 amide bonds. The molecule has 1 unspecified atom stereocenters. The van der Waals surface area contributed by atoms with Crippen molar-refractivity contribution in [1.29, 1.82) is 0 Å². The van der Waals surface area contributed by atoms with E-state index in [2.05, 4.69) is 24.0 Å². The van der Waals surface area contributed by atoms with Crippen LogP contribution in [-0.4, -0.2) is 29.4 Å². The Kier molecular flexibility index (Phi) is 4.02. The molecule has 0 aliphatic carbocycles. The molecule has 23 heavy (non-hydrogen) atoms. The lowest BCUT2D eigenvalue weighted by molar-refractivity contribution is 0.0628. The van der Waals surface area contributed by atoms with Gasteiger partial charge < -0.3 is 9.64 Å². The Morgan fingerprint density at radius 1 is 1.35 bits per heavy atom. The van der Waals surface area contributed by atoms with Crippen molar-refractivity contribution >= 4 is 18.3 Å². The van der Waals surface area contributed by atoms with Crippen molar-refractivity contribution in [2.45, 2.75) is 25.8 Å². The molecular weight excluding hydrogens is 312 g/mol. The summed E-state index contributed by atoms with van der Waals surface area (Å²) < 4.78 is 5.43. The van der Waals surface area contributed by atoms with E-state index in [0.717, 1.165) is 42.0 Å². The number of carbonyl (C=O) groups excluding carboxylic acids is 1. The topological polar surface area (TPSA) is 42.4 Å². The van der Waals surface area contributed by atoms with Gasteiger partial charge in [-0.2, -0.15) is 0 Å². The predicted octanol–water partition coefficient (Wildman–Crippen LogP) is 3.12. The summed E-state index contributed by atoms with van der Waals surface area (Å²) in [6.45, 7) is 2.81. The molecule has 0 fully saturated rings. The lowest BCUT2D eigenvalue weighted by atomic mass is 9.84. The Hall–Kier alpha value is -2.07. The first-order valence-corrected chi connectivity index (χ1v) is 7.61. The lowest BCUT2D eigenvalue weighted by Gasteiger charge is -2.41. The number of rotatable bonds is 1. The van der Waals surface area contributed by atoms with E-state index < -0.39 is 0 Å². The second kappa shape index (κ2) is 5.85. The van der Waals surface area contributed by atoms with Crippen molar-refractivity contribution in [3.05, 3.63) is 58.4 Å². The molecule has 0 saturated heterocycles. The fraction of sp³-hybridized carbons (Fsp3) is 0.333. The number of pyridine rings is 1. The molecule has 5 heteroatoms. The summed E-state index contributed by atoms with van der Waals surface area (Å²) in [5, 5.41) is 0. The fourth-order valence-electron chi connectivity index (χ4n) is 3.66. The first kappa shape index (κ1) is 15.8. The van der Waals surface area contributed by atoms with Crippen LogP contribution in [0.15, 0.2) is 30.5 Å². The summed E-state index contributed by atoms with van der Waals surface area (Å²) >= 11 is 0. The zero-order chi connectivity index (χ0) is 15.3. The molecule has 0 radical (unpaired) electrons. The van der Waals surface area contributed by atoms with Crippen LogP contribution in [0.1, 0.15) is 38.8 Å². The highest BCUT2D eigenvalue weighted by atomic mass is 35.5. The van der Waals surface area contributed by atoms with Gasteiger partial charge >= 0.3 is 0 Å². The molecule has 4 rings (SSSR count). The molecule has 0 bridgehead atoms. The van der Waals surface area contributed by atoms with Crippen LogP contribution >= 0.6 is 12.4 Å². The van der Waals surface area contributed by atoms with E-state index in [-0.39, 0.29) is 24.4 Å². The van der Waals surface area contributed by atoms with E-state index in [1.807, 2.05) is 17.0 Å². The van der Waals surface area contributed by atoms with E-state index in [4.69, 9.17) is 4.74 Å². The van der Waals surface area contributed by atoms with Crippen molar-refractivity contribution in [2.24, 2.45) is 0 Å². The van der Waals surface area contributed by atoms with Crippen LogP contribution in [0.25, 0.3) is 0 Å². The van der Waals surface area contributed by atoms with Crippen LogP contribution in [-0.2, 0) is 12.8 Å². The van der Waals surface area contributed by atoms with Crippen molar-refractivity contribution in [3.8, 4) is 5.75 Å². The van der Waals surface area contributed by atoms with Crippen LogP contribution in [0.3, 0.4) is 0 Å². The number of benzene rings is 1. The highest BCUT2D eigenvalue weighted by molar-refractivity contribution is 5.96. The number of ether oxygens (including phenoxy) is 1. The summed E-state index contributed by atoms with van der Waals surface area (Å²) in [4.78, 5) is 19.1. The highest BCUT2D eigenvalue weighted by Crippen LogP contribution is 2.39. The number of aromatic nitrogens is 1. The minimum atomic E-state index is 0. The number of aryl methyl sites for hydroxylation is 1. The van der Waals surface area contributed by atoms with Gasteiger partial charge in [0.05, 0.1) is 24.4 Å². The molecule has 2 aliphatic heterocycles. The molecule has 2 aliphatic rings. The van der Waals surface area contributed by atoms with Crippen LogP contribution in [0.5, 0.6) is 5.75 Å². The van der Waals surface area contributed by atoms with Gasteiger partial charge in [0, 0.05) is 19.2 Å². The molecule has 3 heterocycles. The summed E-state index contributed by atoms with van der Waals surface area (Å²) in [7, 11) is 1.70. The van der Waals surface area contributed by atoms with E-state index in [9.17, 15) is 4.79 Å². The van der Waals surface area contributed by atoms with Gasteiger partial charge in [-0.15, -0.1) is 12.4 Å². The summed E-state index contributed by atoms with van der Waals surface area (Å²) in [6.07, 6.45) is 3.44. The van der Waals surface area contributed by atoms with Crippen LogP contribution in [0.4, 0.5) is 0 Å². The predicted molar refractivity (Wildman–Crippen MR) is 90.4 cm³/mol. The van der Waals surface area contributed by atoms with Gasteiger partial charge in [0.1, 0.15) is 5.75 Å². The minimum Gasteiger partial charge on any atom is -0.496 e. The van der Waals surface area contributed by atoms with E-state index >= 15 is 0 Å². The first-order chi connectivity index (χ1) is 10.7. The standard InChI is InChI=1S/C18H18N2O2.ClH/c1-11-8-14-12(9-17(11)22-2)5-7-20-16(14)10-15-13(18(20)21)4-3-6-19-15;/h3-4,6,8-9,16H,5,7,10H2,1-2H3;1H. The third-order valence-electron chi connectivity index (χ3n) is 4.78. The van der Waals surface area contributed by atoms with Gasteiger partial charge in [-0.05, 0) is 48.2 Å². The third kappa shape index (κ3) is 2.38. The average molecular weight is 331 g/mol. The quantitative estimate of drug-likeness (QED) is 0.807. The summed E-state index contributed by atoms with van der Waals surface area (Å²) in [6, 6.07) is 8.12. The highest BCUT2D eigenvalue weighted by Gasteiger charge is 2.37. The molecule has 0 saturated carbocycles. The van der Waals surface area contributed by atoms with Crippen LogP contribution in [0.2, 0.25) is 0 Å². The first-order valence-electron chi connectivity index (χ1n) is 7.61. The maximum absolute atomic E-state index is 12.7. The number of fused-ring (bicyclic) bond motifs is 4. The summed E-state index contributed by atoms with van der Waals surface area (Å²) in [5.41, 5.74) is 5.31. The van der Waals surface area contributed by atoms with Gasteiger partial charge in [0.2, 0.25) is 0 Å².